The van der Waals surface area contributed by atoms with Gasteiger partial charge in [0.1, 0.15) is 11.9 Å². The standard InChI is InChI=1S/C13H16FNO5S/c1-19-13(16)12-8-20-7-6-15(12)21(17,18)9-10-2-4-11(14)5-3-10/h2-5,12H,6-9H2,1H3. The van der Waals surface area contributed by atoms with Crippen molar-refractivity contribution in [2.75, 3.05) is 26.9 Å². The predicted molar refractivity (Wildman–Crippen MR) is 72.4 cm³/mol. The number of carbonyl (C=O) groups excluding carboxylic acids is 1. The second-order valence-corrected chi connectivity index (χ2v) is 6.53. The molecule has 2 rings (SSSR count). The van der Waals surface area contributed by atoms with Crippen LogP contribution in [0.15, 0.2) is 24.3 Å². The van der Waals surface area contributed by atoms with Gasteiger partial charge in [0.15, 0.2) is 0 Å². The topological polar surface area (TPSA) is 72.9 Å². The number of methoxy groups -OCH3 is 1. The number of hydrogen-bond donors (Lipinski definition) is 0. The van der Waals surface area contributed by atoms with Gasteiger partial charge in [0, 0.05) is 6.54 Å². The molecule has 0 amide bonds. The normalized spacial score (nSPS) is 20.2. The Hall–Kier alpha value is -1.51. The van der Waals surface area contributed by atoms with E-state index in [9.17, 15) is 17.6 Å². The zero-order valence-electron chi connectivity index (χ0n) is 11.5. The SMILES string of the molecule is COC(=O)C1COCCN1S(=O)(=O)Cc1ccc(F)cc1. The van der Waals surface area contributed by atoms with E-state index in [1.807, 2.05) is 0 Å². The van der Waals surface area contributed by atoms with E-state index in [4.69, 9.17) is 4.74 Å². The molecule has 0 spiro atoms. The molecule has 21 heavy (non-hydrogen) atoms. The van der Waals surface area contributed by atoms with Gasteiger partial charge in [0.05, 0.1) is 26.1 Å². The molecule has 1 aliphatic heterocycles. The van der Waals surface area contributed by atoms with E-state index in [-0.39, 0.29) is 25.5 Å². The Morgan fingerprint density at radius 2 is 2.10 bits per heavy atom. The smallest absolute Gasteiger partial charge is 0.326 e. The molecule has 1 heterocycles. The third-order valence-corrected chi connectivity index (χ3v) is 5.02. The minimum Gasteiger partial charge on any atom is -0.468 e. The number of rotatable bonds is 4. The first-order valence-electron chi connectivity index (χ1n) is 6.33. The minimum atomic E-state index is -3.72. The quantitative estimate of drug-likeness (QED) is 0.758. The summed E-state index contributed by atoms with van der Waals surface area (Å²) in [5.74, 6) is -1.40. The number of esters is 1. The van der Waals surface area contributed by atoms with Crippen LogP contribution in [0.1, 0.15) is 5.56 Å². The lowest BCUT2D eigenvalue weighted by atomic mass is 10.2. The first-order valence-corrected chi connectivity index (χ1v) is 7.94. The van der Waals surface area contributed by atoms with Gasteiger partial charge in [-0.25, -0.2) is 12.8 Å². The van der Waals surface area contributed by atoms with Crippen LogP contribution in [-0.2, 0) is 30.0 Å². The lowest BCUT2D eigenvalue weighted by Crippen LogP contribution is -2.53. The first-order chi connectivity index (χ1) is 9.94. The molecule has 1 aromatic carbocycles. The second-order valence-electron chi connectivity index (χ2n) is 4.61. The van der Waals surface area contributed by atoms with Crippen molar-refractivity contribution >= 4 is 16.0 Å². The molecule has 1 aliphatic rings. The van der Waals surface area contributed by atoms with E-state index in [1.54, 1.807) is 0 Å². The Labute approximate surface area is 122 Å². The average molecular weight is 317 g/mol. The summed E-state index contributed by atoms with van der Waals surface area (Å²) in [7, 11) is -2.53. The summed E-state index contributed by atoms with van der Waals surface area (Å²) >= 11 is 0. The molecular weight excluding hydrogens is 301 g/mol. The van der Waals surface area contributed by atoms with Gasteiger partial charge in [-0.1, -0.05) is 12.1 Å². The van der Waals surface area contributed by atoms with Crippen LogP contribution >= 0.6 is 0 Å². The summed E-state index contributed by atoms with van der Waals surface area (Å²) in [6, 6.07) is 4.22. The number of hydrogen-bond acceptors (Lipinski definition) is 5. The Balaban J connectivity index is 2.20. The molecule has 0 bridgehead atoms. The van der Waals surface area contributed by atoms with E-state index in [2.05, 4.69) is 4.74 Å². The average Bonchev–Trinajstić information content (AvgIpc) is 2.48. The molecule has 116 valence electrons. The number of nitrogens with zero attached hydrogens (tertiary/aromatic N) is 1. The summed E-state index contributed by atoms with van der Waals surface area (Å²) in [6.07, 6.45) is 0. The van der Waals surface area contributed by atoms with Gasteiger partial charge < -0.3 is 9.47 Å². The van der Waals surface area contributed by atoms with Crippen LogP contribution in [0.3, 0.4) is 0 Å². The summed E-state index contributed by atoms with van der Waals surface area (Å²) in [4.78, 5) is 11.7. The van der Waals surface area contributed by atoms with Crippen molar-refractivity contribution in [3.63, 3.8) is 0 Å². The van der Waals surface area contributed by atoms with Crippen LogP contribution in [0.5, 0.6) is 0 Å². The number of benzene rings is 1. The monoisotopic (exact) mass is 317 g/mol. The van der Waals surface area contributed by atoms with Crippen LogP contribution in [0.25, 0.3) is 0 Å². The molecule has 6 nitrogen and oxygen atoms in total. The number of morpholine rings is 1. The van der Waals surface area contributed by atoms with Crippen LogP contribution in [0.4, 0.5) is 4.39 Å². The van der Waals surface area contributed by atoms with Gasteiger partial charge in [-0.3, -0.25) is 4.79 Å². The lowest BCUT2D eigenvalue weighted by molar-refractivity contribution is -0.149. The fraction of sp³-hybridized carbons (Fsp3) is 0.462. The van der Waals surface area contributed by atoms with E-state index in [1.165, 1.54) is 31.4 Å². The first kappa shape index (κ1) is 15.9. The highest BCUT2D eigenvalue weighted by Crippen LogP contribution is 2.18. The third-order valence-electron chi connectivity index (χ3n) is 3.17. The zero-order chi connectivity index (χ0) is 15.5. The van der Waals surface area contributed by atoms with Gasteiger partial charge in [-0.05, 0) is 17.7 Å². The summed E-state index contributed by atoms with van der Waals surface area (Å²) < 4.78 is 48.6. The molecule has 1 saturated heterocycles. The Bertz CT molecular complexity index is 601. The second kappa shape index (κ2) is 6.50. The molecule has 1 unspecified atom stereocenters. The third kappa shape index (κ3) is 3.78. The number of carbonyl (C=O) groups is 1. The van der Waals surface area contributed by atoms with E-state index in [0.717, 1.165) is 4.31 Å². The van der Waals surface area contributed by atoms with Crippen LogP contribution in [-0.4, -0.2) is 51.6 Å². The maximum Gasteiger partial charge on any atom is 0.326 e. The van der Waals surface area contributed by atoms with Gasteiger partial charge in [0.25, 0.3) is 0 Å². The van der Waals surface area contributed by atoms with Crippen molar-refractivity contribution < 1.29 is 27.1 Å². The fourth-order valence-corrected chi connectivity index (χ4v) is 3.78. The number of halogens is 1. The molecular formula is C13H16FNO5S. The maximum absolute atomic E-state index is 12.9. The van der Waals surface area contributed by atoms with Gasteiger partial charge in [0.2, 0.25) is 10.0 Å². The largest absolute Gasteiger partial charge is 0.468 e. The van der Waals surface area contributed by atoms with Gasteiger partial charge in [-0.15, -0.1) is 0 Å². The summed E-state index contributed by atoms with van der Waals surface area (Å²) in [5, 5.41) is 0. The van der Waals surface area contributed by atoms with E-state index in [0.29, 0.717) is 5.56 Å². The Morgan fingerprint density at radius 3 is 2.71 bits per heavy atom. The summed E-state index contributed by atoms with van der Waals surface area (Å²) in [5.41, 5.74) is 0.450. The minimum absolute atomic E-state index is 0.0324. The fourth-order valence-electron chi connectivity index (χ4n) is 2.12. The molecule has 1 atom stereocenters. The Morgan fingerprint density at radius 1 is 1.43 bits per heavy atom. The van der Waals surface area contributed by atoms with Crippen LogP contribution in [0.2, 0.25) is 0 Å². The zero-order valence-corrected chi connectivity index (χ0v) is 12.3. The highest BCUT2D eigenvalue weighted by Gasteiger charge is 2.38. The van der Waals surface area contributed by atoms with Crippen molar-refractivity contribution in [3.8, 4) is 0 Å². The van der Waals surface area contributed by atoms with Gasteiger partial charge in [-0.2, -0.15) is 4.31 Å². The molecule has 0 aliphatic carbocycles. The van der Waals surface area contributed by atoms with Crippen LogP contribution < -0.4 is 0 Å². The van der Waals surface area contributed by atoms with Crippen molar-refractivity contribution in [1.82, 2.24) is 4.31 Å². The lowest BCUT2D eigenvalue weighted by Gasteiger charge is -2.32. The number of sulfonamides is 1. The molecule has 0 aromatic heterocycles. The highest BCUT2D eigenvalue weighted by atomic mass is 32.2. The van der Waals surface area contributed by atoms with E-state index < -0.39 is 27.9 Å². The van der Waals surface area contributed by atoms with Crippen molar-refractivity contribution in [2.45, 2.75) is 11.8 Å². The molecule has 1 fully saturated rings. The maximum atomic E-state index is 12.9. The van der Waals surface area contributed by atoms with Gasteiger partial charge >= 0.3 is 5.97 Å². The summed E-state index contributed by atoms with van der Waals surface area (Å²) in [6.45, 7) is 0.273. The Kier molecular flexibility index (Phi) is 4.92. The van der Waals surface area contributed by atoms with Crippen molar-refractivity contribution in [2.24, 2.45) is 0 Å². The molecule has 0 saturated carbocycles. The number of ether oxygens (including phenoxy) is 2. The highest BCUT2D eigenvalue weighted by molar-refractivity contribution is 7.88. The van der Waals surface area contributed by atoms with Crippen molar-refractivity contribution in [3.05, 3.63) is 35.6 Å². The van der Waals surface area contributed by atoms with E-state index >= 15 is 0 Å². The predicted octanol–water partition coefficient (Wildman–Crippen LogP) is 0.529. The molecule has 1 aromatic rings. The molecule has 0 N–H and O–H groups in total. The molecule has 0 radical (unpaired) electrons. The van der Waals surface area contributed by atoms with Crippen LogP contribution in [0, 0.1) is 5.82 Å². The van der Waals surface area contributed by atoms with Crippen molar-refractivity contribution in [1.29, 1.82) is 0 Å². The molecule has 8 heteroatoms.